The number of benzene rings is 2. The van der Waals surface area contributed by atoms with Gasteiger partial charge < -0.3 is 15.5 Å². The van der Waals surface area contributed by atoms with Crippen molar-refractivity contribution in [3.05, 3.63) is 65.7 Å². The van der Waals surface area contributed by atoms with E-state index in [0.717, 1.165) is 11.1 Å². The van der Waals surface area contributed by atoms with Crippen LogP contribution >= 0.6 is 0 Å². The number of alkyl halides is 3. The molecule has 2 aromatic rings. The van der Waals surface area contributed by atoms with Crippen LogP contribution in [0.25, 0.3) is 0 Å². The molecule has 0 radical (unpaired) electrons. The second kappa shape index (κ2) is 6.25. The van der Waals surface area contributed by atoms with E-state index < -0.39 is 35.6 Å². The van der Waals surface area contributed by atoms with Gasteiger partial charge in [-0.15, -0.1) is 0 Å². The van der Waals surface area contributed by atoms with Gasteiger partial charge in [-0.05, 0) is 23.6 Å². The Balaban J connectivity index is 1.94. The Morgan fingerprint density at radius 1 is 1.11 bits per heavy atom. The zero-order valence-corrected chi connectivity index (χ0v) is 15.0. The average Bonchev–Trinajstić information content (AvgIpc) is 3.19. The maximum Gasteiger partial charge on any atom is 0.471 e. The van der Waals surface area contributed by atoms with Gasteiger partial charge in [0.05, 0.1) is 5.41 Å². The van der Waals surface area contributed by atoms with Crippen LogP contribution < -0.4 is 10.6 Å². The number of hydrogen-bond acceptors (Lipinski definition) is 3. The Morgan fingerprint density at radius 3 is 2.39 bits per heavy atom. The van der Waals surface area contributed by atoms with Crippen molar-refractivity contribution in [1.29, 1.82) is 0 Å². The first-order valence-electron chi connectivity index (χ1n) is 8.83. The molecule has 8 heteroatoms. The Bertz CT molecular complexity index is 932. The lowest BCUT2D eigenvalue weighted by atomic mass is 9.72. The molecule has 146 valence electrons. The molecule has 2 aliphatic rings. The quantitative estimate of drug-likeness (QED) is 0.830. The third kappa shape index (κ3) is 2.47. The van der Waals surface area contributed by atoms with Crippen LogP contribution in [0.4, 0.5) is 18.9 Å². The van der Waals surface area contributed by atoms with Crippen LogP contribution in [0.5, 0.6) is 0 Å². The summed E-state index contributed by atoms with van der Waals surface area (Å²) in [7, 11) is 1.35. The molecule has 2 amide bonds. The lowest BCUT2D eigenvalue weighted by molar-refractivity contribution is -0.188. The topological polar surface area (TPSA) is 61.4 Å². The maximum absolute atomic E-state index is 13.4. The SMILES string of the molecule is CNC(=O)[C@@H]1C[C@@]2(c3ccccc3)c3ccccc3N[C@H]2N1C(=O)C(F)(F)F. The highest BCUT2D eigenvalue weighted by atomic mass is 19.4. The van der Waals surface area contributed by atoms with Crippen molar-refractivity contribution >= 4 is 17.5 Å². The van der Waals surface area contributed by atoms with E-state index in [4.69, 9.17) is 0 Å². The third-order valence-electron chi connectivity index (χ3n) is 5.61. The summed E-state index contributed by atoms with van der Waals surface area (Å²) in [6, 6.07) is 15.0. The zero-order valence-electron chi connectivity index (χ0n) is 15.0. The molecule has 1 fully saturated rings. The van der Waals surface area contributed by atoms with E-state index in [1.165, 1.54) is 7.05 Å². The molecule has 2 aliphatic heterocycles. The van der Waals surface area contributed by atoms with E-state index in [2.05, 4.69) is 10.6 Å². The van der Waals surface area contributed by atoms with Gasteiger partial charge >= 0.3 is 12.1 Å². The van der Waals surface area contributed by atoms with Crippen LogP contribution in [0.3, 0.4) is 0 Å². The van der Waals surface area contributed by atoms with Crippen LogP contribution in [0.15, 0.2) is 54.6 Å². The summed E-state index contributed by atoms with van der Waals surface area (Å²) in [5, 5.41) is 5.47. The normalized spacial score (nSPS) is 25.6. The number of hydrogen-bond donors (Lipinski definition) is 2. The van der Waals surface area contributed by atoms with Crippen molar-refractivity contribution in [3.8, 4) is 0 Å². The molecular weight excluding hydrogens is 371 g/mol. The van der Waals surface area contributed by atoms with E-state index >= 15 is 0 Å². The van der Waals surface area contributed by atoms with Crippen molar-refractivity contribution in [2.45, 2.75) is 30.2 Å². The number of nitrogens with one attached hydrogen (secondary N) is 2. The molecule has 0 spiro atoms. The van der Waals surface area contributed by atoms with Crippen LogP contribution in [-0.4, -0.2) is 42.1 Å². The highest BCUT2D eigenvalue weighted by Gasteiger charge is 2.64. The van der Waals surface area contributed by atoms with Gasteiger partial charge in [-0.25, -0.2) is 0 Å². The molecule has 28 heavy (non-hydrogen) atoms. The summed E-state index contributed by atoms with van der Waals surface area (Å²) < 4.78 is 40.2. The summed E-state index contributed by atoms with van der Waals surface area (Å²) in [6.45, 7) is 0. The van der Waals surface area contributed by atoms with Gasteiger partial charge in [-0.1, -0.05) is 48.5 Å². The number of anilines is 1. The predicted octanol–water partition coefficient (Wildman–Crippen LogP) is 2.63. The molecule has 2 N–H and O–H groups in total. The van der Waals surface area contributed by atoms with E-state index in [1.54, 1.807) is 30.3 Å². The summed E-state index contributed by atoms with van der Waals surface area (Å²) in [6.07, 6.45) is -6.06. The molecule has 1 saturated heterocycles. The number of nitrogens with zero attached hydrogens (tertiary/aromatic N) is 1. The molecule has 0 aliphatic carbocycles. The molecule has 0 saturated carbocycles. The average molecular weight is 389 g/mol. The monoisotopic (exact) mass is 389 g/mol. The molecule has 0 aromatic heterocycles. The van der Waals surface area contributed by atoms with Gasteiger partial charge in [0.25, 0.3) is 0 Å². The number of rotatable bonds is 2. The fraction of sp³-hybridized carbons (Fsp3) is 0.300. The second-order valence-corrected chi connectivity index (χ2v) is 6.97. The largest absolute Gasteiger partial charge is 0.471 e. The Morgan fingerprint density at radius 2 is 1.75 bits per heavy atom. The molecule has 4 rings (SSSR count). The number of halogens is 3. The van der Waals surface area contributed by atoms with Gasteiger partial charge in [-0.2, -0.15) is 13.2 Å². The predicted molar refractivity (Wildman–Crippen MR) is 96.4 cm³/mol. The molecule has 5 nitrogen and oxygen atoms in total. The first-order valence-corrected chi connectivity index (χ1v) is 8.83. The zero-order chi connectivity index (χ0) is 20.1. The number of likely N-dealkylation sites (N-methyl/N-ethyl adjacent to an activating group) is 1. The number of carbonyl (C=O) groups excluding carboxylic acids is 2. The lowest BCUT2D eigenvalue weighted by Crippen LogP contribution is -2.55. The third-order valence-corrected chi connectivity index (χ3v) is 5.61. The van der Waals surface area contributed by atoms with Gasteiger partial charge in [0.2, 0.25) is 5.91 Å². The van der Waals surface area contributed by atoms with E-state index in [0.29, 0.717) is 10.6 Å². The van der Waals surface area contributed by atoms with Gasteiger partial charge in [0.1, 0.15) is 12.2 Å². The van der Waals surface area contributed by atoms with E-state index in [9.17, 15) is 22.8 Å². The number of likely N-dealkylation sites (tertiary alicyclic amines) is 1. The summed E-state index contributed by atoms with van der Waals surface area (Å²) in [5.41, 5.74) is 1.23. The molecule has 2 heterocycles. The van der Waals surface area contributed by atoms with Crippen molar-refractivity contribution < 1.29 is 22.8 Å². The van der Waals surface area contributed by atoms with Crippen LogP contribution in [0.1, 0.15) is 17.5 Å². The van der Waals surface area contributed by atoms with E-state index in [1.807, 2.05) is 24.3 Å². The maximum atomic E-state index is 13.4. The van der Waals surface area contributed by atoms with Gasteiger partial charge in [0, 0.05) is 12.7 Å². The fourth-order valence-electron chi connectivity index (χ4n) is 4.49. The number of fused-ring (bicyclic) bond motifs is 3. The summed E-state index contributed by atoms with van der Waals surface area (Å²) >= 11 is 0. The summed E-state index contributed by atoms with van der Waals surface area (Å²) in [4.78, 5) is 25.5. The highest BCUT2D eigenvalue weighted by molar-refractivity contribution is 5.92. The number of amides is 2. The van der Waals surface area contributed by atoms with Crippen LogP contribution in [-0.2, 0) is 15.0 Å². The summed E-state index contributed by atoms with van der Waals surface area (Å²) in [5.74, 6) is -2.65. The van der Waals surface area contributed by atoms with E-state index in [-0.39, 0.29) is 6.42 Å². The molecular formula is C20H18F3N3O2. The first-order chi connectivity index (χ1) is 13.3. The number of carbonyl (C=O) groups is 2. The Kier molecular flexibility index (Phi) is 4.10. The standard InChI is InChI=1S/C20H18F3N3O2/c1-24-16(27)15-11-19(12-7-3-2-4-8-12)13-9-5-6-10-14(13)25-17(19)26(15)18(28)20(21,22)23/h2-10,15,17,25H,11H2,1H3,(H,24,27)/t15-,17-,19+/m0/s1. The van der Waals surface area contributed by atoms with Crippen LogP contribution in [0, 0.1) is 0 Å². The van der Waals surface area contributed by atoms with Crippen LogP contribution in [0.2, 0.25) is 0 Å². The molecule has 0 bridgehead atoms. The minimum atomic E-state index is -5.09. The molecule has 0 unspecified atom stereocenters. The first kappa shape index (κ1) is 18.3. The van der Waals surface area contributed by atoms with Crippen molar-refractivity contribution in [2.75, 3.05) is 12.4 Å². The van der Waals surface area contributed by atoms with Gasteiger partial charge in [-0.3, -0.25) is 9.59 Å². The minimum Gasteiger partial charge on any atom is -0.364 e. The van der Waals surface area contributed by atoms with Crippen molar-refractivity contribution in [3.63, 3.8) is 0 Å². The fourth-order valence-corrected chi connectivity index (χ4v) is 4.49. The van der Waals surface area contributed by atoms with Crippen molar-refractivity contribution in [2.24, 2.45) is 0 Å². The molecule has 2 aromatic carbocycles. The Hall–Kier alpha value is -3.03. The van der Waals surface area contributed by atoms with Gasteiger partial charge in [0.15, 0.2) is 0 Å². The smallest absolute Gasteiger partial charge is 0.364 e. The minimum absolute atomic E-state index is 0.0488. The Labute approximate surface area is 159 Å². The number of para-hydroxylation sites is 1. The lowest BCUT2D eigenvalue weighted by Gasteiger charge is -2.33. The molecule has 3 atom stereocenters. The second-order valence-electron chi connectivity index (χ2n) is 6.97. The highest BCUT2D eigenvalue weighted by Crippen LogP contribution is 2.55. The van der Waals surface area contributed by atoms with Crippen molar-refractivity contribution in [1.82, 2.24) is 10.2 Å².